The highest BCUT2D eigenvalue weighted by atomic mass is 32.2. The summed E-state index contributed by atoms with van der Waals surface area (Å²) in [6, 6.07) is 0.0670. The first-order valence-electron chi connectivity index (χ1n) is 9.20. The molecule has 3 N–H and O–H groups in total. The molecule has 2 unspecified atom stereocenters. The summed E-state index contributed by atoms with van der Waals surface area (Å²) in [4.78, 5) is 24.1. The van der Waals surface area contributed by atoms with Gasteiger partial charge in [0.25, 0.3) is 10.1 Å². The summed E-state index contributed by atoms with van der Waals surface area (Å²) in [5.41, 5.74) is -0.531. The second-order valence-corrected chi connectivity index (χ2v) is 10.0. The number of hydrogen-bond donors (Lipinski definition) is 3. The molecule has 2 amide bonds. The van der Waals surface area contributed by atoms with Crippen LogP contribution < -0.4 is 10.6 Å². The third kappa shape index (κ3) is 6.42. The van der Waals surface area contributed by atoms with Crippen molar-refractivity contribution in [1.29, 1.82) is 0 Å². The Kier molecular flexibility index (Phi) is 6.55. The molecular weight excluding hydrogens is 360 g/mol. The molecule has 0 bridgehead atoms. The molecule has 150 valence electrons. The lowest BCUT2D eigenvalue weighted by atomic mass is 9.90. The molecule has 0 spiro atoms. The predicted octanol–water partition coefficient (Wildman–Crippen LogP) is 1.99. The summed E-state index contributed by atoms with van der Waals surface area (Å²) in [6.45, 7) is 5.44. The van der Waals surface area contributed by atoms with Crippen molar-refractivity contribution in [3.63, 3.8) is 0 Å². The largest absolute Gasteiger partial charge is 0.444 e. The van der Waals surface area contributed by atoms with Gasteiger partial charge in [-0.2, -0.15) is 8.42 Å². The summed E-state index contributed by atoms with van der Waals surface area (Å²) in [5.74, 6) is -0.501. The average Bonchev–Trinajstić information content (AvgIpc) is 2.97. The lowest BCUT2D eigenvalue weighted by molar-refractivity contribution is -0.125. The van der Waals surface area contributed by atoms with E-state index in [9.17, 15) is 18.0 Å². The van der Waals surface area contributed by atoms with Crippen LogP contribution in [0.2, 0.25) is 0 Å². The van der Waals surface area contributed by atoms with E-state index in [1.54, 1.807) is 0 Å². The number of hydrogen-bond acceptors (Lipinski definition) is 5. The van der Waals surface area contributed by atoms with Crippen molar-refractivity contribution in [3.05, 3.63) is 0 Å². The third-order valence-electron chi connectivity index (χ3n) is 4.97. The number of amides is 2. The van der Waals surface area contributed by atoms with Gasteiger partial charge >= 0.3 is 6.09 Å². The molecule has 0 aromatic rings. The number of ether oxygens (including phenoxy) is 1. The highest BCUT2D eigenvalue weighted by Gasteiger charge is 2.37. The molecule has 0 aromatic heterocycles. The van der Waals surface area contributed by atoms with E-state index in [-0.39, 0.29) is 30.3 Å². The second kappa shape index (κ2) is 8.12. The van der Waals surface area contributed by atoms with Crippen LogP contribution in [0.5, 0.6) is 0 Å². The zero-order valence-electron chi connectivity index (χ0n) is 15.7. The fourth-order valence-corrected chi connectivity index (χ4v) is 4.53. The number of alkyl carbamates (subject to hydrolysis) is 1. The van der Waals surface area contributed by atoms with Crippen molar-refractivity contribution in [2.24, 2.45) is 5.92 Å². The Labute approximate surface area is 155 Å². The average molecular weight is 391 g/mol. The van der Waals surface area contributed by atoms with Crippen LogP contribution in [0.3, 0.4) is 0 Å². The maximum atomic E-state index is 12.3. The summed E-state index contributed by atoms with van der Waals surface area (Å²) >= 11 is 0. The minimum absolute atomic E-state index is 0.0315. The number of rotatable bonds is 4. The molecule has 2 aliphatic carbocycles. The van der Waals surface area contributed by atoms with Crippen LogP contribution in [0.15, 0.2) is 0 Å². The molecule has 26 heavy (non-hydrogen) atoms. The van der Waals surface area contributed by atoms with Crippen molar-refractivity contribution in [3.8, 4) is 0 Å². The van der Waals surface area contributed by atoms with E-state index in [1.165, 1.54) is 0 Å². The summed E-state index contributed by atoms with van der Waals surface area (Å²) < 4.78 is 36.7. The van der Waals surface area contributed by atoms with Crippen LogP contribution >= 0.6 is 0 Å². The summed E-state index contributed by atoms with van der Waals surface area (Å²) in [6.07, 6.45) is 3.56. The van der Waals surface area contributed by atoms with E-state index in [1.807, 2.05) is 20.8 Å². The Morgan fingerprint density at radius 1 is 0.962 bits per heavy atom. The Balaban J connectivity index is 1.72. The lowest BCUT2D eigenvalue weighted by Crippen LogP contribution is -2.46. The fraction of sp³-hybridized carbons (Fsp3) is 0.882. The quantitative estimate of drug-likeness (QED) is 0.631. The van der Waals surface area contributed by atoms with Crippen LogP contribution in [0.25, 0.3) is 0 Å². The Hall–Kier alpha value is -1.35. The predicted molar refractivity (Wildman–Crippen MR) is 96.2 cm³/mol. The van der Waals surface area contributed by atoms with E-state index in [0.29, 0.717) is 12.8 Å². The standard InChI is InChI=1S/C17H30N2O6S/c1-17(2,3)25-16(21)19-13-7-5-12(6-8-13)18-15(20)11-4-9-14(10-11)26(22,23)24/h11-14H,4-10H2,1-3H3,(H,18,20)(H,19,21)(H,22,23,24). The van der Waals surface area contributed by atoms with Crippen LogP contribution in [-0.2, 0) is 19.6 Å². The fourth-order valence-electron chi connectivity index (χ4n) is 3.62. The van der Waals surface area contributed by atoms with Crippen molar-refractivity contribution >= 4 is 22.1 Å². The topological polar surface area (TPSA) is 122 Å². The molecule has 2 rings (SSSR count). The molecule has 2 atom stereocenters. The van der Waals surface area contributed by atoms with Gasteiger partial charge in [0.1, 0.15) is 5.60 Å². The van der Waals surface area contributed by atoms with Crippen LogP contribution in [0.1, 0.15) is 65.7 Å². The zero-order valence-corrected chi connectivity index (χ0v) is 16.5. The molecule has 8 nitrogen and oxygen atoms in total. The molecule has 0 heterocycles. The summed E-state index contributed by atoms with van der Waals surface area (Å²) in [5, 5.41) is 5.02. The van der Waals surface area contributed by atoms with Gasteiger partial charge in [0, 0.05) is 18.0 Å². The first-order chi connectivity index (χ1) is 11.9. The van der Waals surface area contributed by atoms with Crippen LogP contribution in [0.4, 0.5) is 4.79 Å². The molecule has 2 saturated carbocycles. The van der Waals surface area contributed by atoms with Gasteiger partial charge in [-0.25, -0.2) is 4.79 Å². The van der Waals surface area contributed by atoms with Gasteiger partial charge in [-0.1, -0.05) is 0 Å². The summed E-state index contributed by atoms with van der Waals surface area (Å²) in [7, 11) is -4.07. The SMILES string of the molecule is CC(C)(C)OC(=O)NC1CCC(NC(=O)C2CCC(S(=O)(=O)O)C2)CC1. The molecular formula is C17H30N2O6S. The third-order valence-corrected chi connectivity index (χ3v) is 6.24. The van der Waals surface area contributed by atoms with Crippen molar-refractivity contribution in [1.82, 2.24) is 10.6 Å². The van der Waals surface area contributed by atoms with E-state index in [4.69, 9.17) is 9.29 Å². The van der Waals surface area contributed by atoms with Gasteiger partial charge in [0.15, 0.2) is 0 Å². The maximum absolute atomic E-state index is 12.3. The first kappa shape index (κ1) is 21.0. The van der Waals surface area contributed by atoms with E-state index >= 15 is 0 Å². The smallest absolute Gasteiger partial charge is 0.407 e. The Bertz CT molecular complexity index is 620. The van der Waals surface area contributed by atoms with Gasteiger partial charge < -0.3 is 15.4 Å². The molecule has 9 heteroatoms. The molecule has 2 fully saturated rings. The van der Waals surface area contributed by atoms with E-state index in [2.05, 4.69) is 10.6 Å². The second-order valence-electron chi connectivity index (χ2n) is 8.35. The van der Waals surface area contributed by atoms with Gasteiger partial charge in [0.05, 0.1) is 5.25 Å². The maximum Gasteiger partial charge on any atom is 0.407 e. The van der Waals surface area contributed by atoms with Crippen molar-refractivity contribution in [2.75, 3.05) is 0 Å². The molecule has 0 radical (unpaired) electrons. The number of nitrogens with one attached hydrogen (secondary N) is 2. The van der Waals surface area contributed by atoms with Gasteiger partial charge in [-0.15, -0.1) is 0 Å². The lowest BCUT2D eigenvalue weighted by Gasteiger charge is -2.31. The van der Waals surface area contributed by atoms with Crippen LogP contribution in [-0.4, -0.2) is 47.9 Å². The molecule has 0 aliphatic heterocycles. The van der Waals surface area contributed by atoms with Crippen molar-refractivity contribution < 1.29 is 27.3 Å². The highest BCUT2D eigenvalue weighted by Crippen LogP contribution is 2.30. The van der Waals surface area contributed by atoms with E-state index < -0.39 is 27.1 Å². The number of carbonyl (C=O) groups excluding carboxylic acids is 2. The molecule has 0 aromatic carbocycles. The van der Waals surface area contributed by atoms with Crippen LogP contribution in [0, 0.1) is 5.92 Å². The van der Waals surface area contributed by atoms with Crippen molar-refractivity contribution in [2.45, 2.75) is 88.7 Å². The molecule has 0 saturated heterocycles. The monoisotopic (exact) mass is 390 g/mol. The Morgan fingerprint density at radius 2 is 1.50 bits per heavy atom. The minimum atomic E-state index is -4.07. The molecule has 2 aliphatic rings. The van der Waals surface area contributed by atoms with Gasteiger partial charge in [-0.3, -0.25) is 9.35 Å². The van der Waals surface area contributed by atoms with Gasteiger partial charge in [0.2, 0.25) is 5.91 Å². The zero-order chi connectivity index (χ0) is 19.5. The number of carbonyl (C=O) groups is 2. The minimum Gasteiger partial charge on any atom is -0.444 e. The Morgan fingerprint density at radius 3 is 1.96 bits per heavy atom. The van der Waals surface area contributed by atoms with Gasteiger partial charge in [-0.05, 0) is 65.7 Å². The van der Waals surface area contributed by atoms with E-state index in [0.717, 1.165) is 25.7 Å². The normalized spacial score (nSPS) is 29.8. The first-order valence-corrected chi connectivity index (χ1v) is 10.7. The highest BCUT2D eigenvalue weighted by molar-refractivity contribution is 7.86.